The molecule has 0 aliphatic rings. The number of hydrogen-bond acceptors (Lipinski definition) is 4. The summed E-state index contributed by atoms with van der Waals surface area (Å²) in [7, 11) is 0. The van der Waals surface area contributed by atoms with Crippen molar-refractivity contribution in [1.82, 2.24) is 9.55 Å². The van der Waals surface area contributed by atoms with Crippen molar-refractivity contribution in [2.24, 2.45) is 11.7 Å². The maximum Gasteiger partial charge on any atom is 0.0948 e. The molecule has 1 atom stereocenters. The number of nitrogens with two attached hydrogens (primary N) is 1. The minimum Gasteiger partial charge on any atom is -0.394 e. The Bertz CT molecular complexity index is 312. The molecule has 0 saturated heterocycles. The average Bonchev–Trinajstić information content (AvgIpc) is 2.75. The van der Waals surface area contributed by atoms with E-state index in [0.29, 0.717) is 5.92 Å². The number of nitrogens with zero attached hydrogens (tertiary/aromatic N) is 2. The van der Waals surface area contributed by atoms with Gasteiger partial charge in [0, 0.05) is 26.0 Å². The lowest BCUT2D eigenvalue weighted by atomic mass is 10.2. The molecule has 0 aliphatic heterocycles. The topological polar surface area (TPSA) is 73.3 Å². The summed E-state index contributed by atoms with van der Waals surface area (Å²) in [5.74, 6) is 0.571. The summed E-state index contributed by atoms with van der Waals surface area (Å²) >= 11 is 0. The third-order valence-corrected chi connectivity index (χ3v) is 2.46. The van der Waals surface area contributed by atoms with Crippen LogP contribution in [0.15, 0.2) is 12.5 Å². The van der Waals surface area contributed by atoms with Crippen LogP contribution in [0, 0.1) is 5.92 Å². The summed E-state index contributed by atoms with van der Waals surface area (Å²) < 4.78 is 7.48. The second-order valence-electron chi connectivity index (χ2n) is 4.62. The second kappa shape index (κ2) is 7.42. The number of aryl methyl sites for hydroxylation is 1. The Hall–Kier alpha value is -0.910. The van der Waals surface area contributed by atoms with E-state index < -0.39 is 0 Å². The molecule has 0 bridgehead atoms. The Morgan fingerprint density at radius 3 is 2.94 bits per heavy atom. The highest BCUT2D eigenvalue weighted by molar-refractivity contribution is 5.04. The van der Waals surface area contributed by atoms with Gasteiger partial charge in [-0.1, -0.05) is 13.8 Å². The molecule has 17 heavy (non-hydrogen) atoms. The maximum absolute atomic E-state index is 9.01. The van der Waals surface area contributed by atoms with Gasteiger partial charge < -0.3 is 20.1 Å². The van der Waals surface area contributed by atoms with Gasteiger partial charge in [0.25, 0.3) is 0 Å². The summed E-state index contributed by atoms with van der Waals surface area (Å²) in [5, 5.41) is 9.01. The molecule has 0 fully saturated rings. The van der Waals surface area contributed by atoms with Crippen LogP contribution in [-0.4, -0.2) is 34.5 Å². The van der Waals surface area contributed by atoms with Gasteiger partial charge in [0.05, 0.1) is 24.7 Å². The van der Waals surface area contributed by atoms with Gasteiger partial charge in [0.15, 0.2) is 0 Å². The number of aliphatic hydroxyl groups is 1. The molecular formula is C12H23N3O2. The fourth-order valence-electron chi connectivity index (χ4n) is 1.58. The third-order valence-electron chi connectivity index (χ3n) is 2.46. The van der Waals surface area contributed by atoms with Crippen LogP contribution in [0.1, 0.15) is 32.0 Å². The van der Waals surface area contributed by atoms with Crippen LogP contribution in [0.2, 0.25) is 0 Å². The lowest BCUT2D eigenvalue weighted by Gasteiger charge is -2.12. The van der Waals surface area contributed by atoms with Crippen LogP contribution < -0.4 is 5.73 Å². The zero-order valence-electron chi connectivity index (χ0n) is 10.7. The molecular weight excluding hydrogens is 218 g/mol. The fourth-order valence-corrected chi connectivity index (χ4v) is 1.58. The van der Waals surface area contributed by atoms with Gasteiger partial charge in [-0.25, -0.2) is 4.98 Å². The molecule has 1 aromatic rings. The van der Waals surface area contributed by atoms with Crippen LogP contribution in [0.4, 0.5) is 0 Å². The number of hydrogen-bond donors (Lipinski definition) is 2. The van der Waals surface area contributed by atoms with E-state index in [2.05, 4.69) is 18.8 Å². The normalized spacial score (nSPS) is 13.2. The molecule has 0 saturated carbocycles. The van der Waals surface area contributed by atoms with E-state index in [9.17, 15) is 0 Å². The third kappa shape index (κ3) is 4.85. The Balaban J connectivity index is 2.29. The first kappa shape index (κ1) is 14.2. The van der Waals surface area contributed by atoms with Crippen molar-refractivity contribution < 1.29 is 9.84 Å². The van der Waals surface area contributed by atoms with Gasteiger partial charge in [0.2, 0.25) is 0 Å². The molecule has 98 valence electrons. The molecule has 3 N–H and O–H groups in total. The Labute approximate surface area is 103 Å². The maximum atomic E-state index is 9.01. The number of rotatable bonds is 8. The molecule has 0 amide bonds. The SMILES string of the molecule is CC(C)COCCCn1cncc1C(N)CO. The summed E-state index contributed by atoms with van der Waals surface area (Å²) in [6.07, 6.45) is 4.37. The highest BCUT2D eigenvalue weighted by Crippen LogP contribution is 2.09. The molecule has 5 heteroatoms. The molecule has 0 aromatic carbocycles. The summed E-state index contributed by atoms with van der Waals surface area (Å²) in [6, 6.07) is -0.353. The van der Waals surface area contributed by atoms with Crippen molar-refractivity contribution in [3.63, 3.8) is 0 Å². The monoisotopic (exact) mass is 241 g/mol. The second-order valence-corrected chi connectivity index (χ2v) is 4.62. The Kier molecular flexibility index (Phi) is 6.18. The molecule has 5 nitrogen and oxygen atoms in total. The smallest absolute Gasteiger partial charge is 0.0948 e. The molecule has 1 rings (SSSR count). The van der Waals surface area contributed by atoms with E-state index in [4.69, 9.17) is 15.6 Å². The van der Waals surface area contributed by atoms with Gasteiger partial charge >= 0.3 is 0 Å². The summed E-state index contributed by atoms with van der Waals surface area (Å²) in [6.45, 7) is 6.57. The first-order valence-corrected chi connectivity index (χ1v) is 6.09. The van der Waals surface area contributed by atoms with Crippen LogP contribution in [0.25, 0.3) is 0 Å². The zero-order valence-corrected chi connectivity index (χ0v) is 10.7. The number of ether oxygens (including phenoxy) is 1. The Morgan fingerprint density at radius 2 is 2.29 bits per heavy atom. The molecule has 1 unspecified atom stereocenters. The predicted octanol–water partition coefficient (Wildman–Crippen LogP) is 0.938. The van der Waals surface area contributed by atoms with Crippen LogP contribution >= 0.6 is 0 Å². The average molecular weight is 241 g/mol. The molecule has 0 aliphatic carbocycles. The first-order valence-electron chi connectivity index (χ1n) is 6.09. The standard InChI is InChI=1S/C12H23N3O2/c1-10(2)8-17-5-3-4-15-9-14-6-12(15)11(13)7-16/h6,9-11,16H,3-5,7-8,13H2,1-2H3. The minimum absolute atomic E-state index is 0.0600. The van der Waals surface area contributed by atoms with Crippen LogP contribution in [-0.2, 0) is 11.3 Å². The van der Waals surface area contributed by atoms with Crippen molar-refractivity contribution in [2.45, 2.75) is 32.9 Å². The van der Waals surface area contributed by atoms with Crippen molar-refractivity contribution in [2.75, 3.05) is 19.8 Å². The van der Waals surface area contributed by atoms with Gasteiger partial charge in [0.1, 0.15) is 0 Å². The van der Waals surface area contributed by atoms with E-state index in [-0.39, 0.29) is 12.6 Å². The number of imidazole rings is 1. The highest BCUT2D eigenvalue weighted by Gasteiger charge is 2.09. The van der Waals surface area contributed by atoms with E-state index in [1.54, 1.807) is 12.5 Å². The van der Waals surface area contributed by atoms with Gasteiger partial charge in [-0.2, -0.15) is 0 Å². The Morgan fingerprint density at radius 1 is 1.53 bits per heavy atom. The lowest BCUT2D eigenvalue weighted by molar-refractivity contribution is 0.105. The van der Waals surface area contributed by atoms with Crippen LogP contribution in [0.3, 0.4) is 0 Å². The van der Waals surface area contributed by atoms with Crippen molar-refractivity contribution in [3.8, 4) is 0 Å². The number of aromatic nitrogens is 2. The zero-order chi connectivity index (χ0) is 12.7. The fraction of sp³-hybridized carbons (Fsp3) is 0.750. The van der Waals surface area contributed by atoms with E-state index in [1.165, 1.54) is 0 Å². The number of aliphatic hydroxyl groups excluding tert-OH is 1. The van der Waals surface area contributed by atoms with Crippen LogP contribution in [0.5, 0.6) is 0 Å². The van der Waals surface area contributed by atoms with E-state index in [1.807, 2.05) is 4.57 Å². The van der Waals surface area contributed by atoms with E-state index >= 15 is 0 Å². The largest absolute Gasteiger partial charge is 0.394 e. The summed E-state index contributed by atoms with van der Waals surface area (Å²) in [4.78, 5) is 4.05. The van der Waals surface area contributed by atoms with Crippen molar-refractivity contribution in [1.29, 1.82) is 0 Å². The molecule has 0 spiro atoms. The lowest BCUT2D eigenvalue weighted by Crippen LogP contribution is -2.19. The van der Waals surface area contributed by atoms with Gasteiger partial charge in [-0.15, -0.1) is 0 Å². The van der Waals surface area contributed by atoms with Gasteiger partial charge in [-0.05, 0) is 12.3 Å². The molecule has 1 aromatic heterocycles. The quantitative estimate of drug-likeness (QED) is 0.664. The predicted molar refractivity (Wildman–Crippen MR) is 66.5 cm³/mol. The van der Waals surface area contributed by atoms with Crippen molar-refractivity contribution in [3.05, 3.63) is 18.2 Å². The van der Waals surface area contributed by atoms with Crippen molar-refractivity contribution >= 4 is 0 Å². The highest BCUT2D eigenvalue weighted by atomic mass is 16.5. The molecule has 0 radical (unpaired) electrons. The first-order chi connectivity index (χ1) is 8.15. The summed E-state index contributed by atoms with van der Waals surface area (Å²) in [5.41, 5.74) is 6.64. The van der Waals surface area contributed by atoms with Gasteiger partial charge in [-0.3, -0.25) is 0 Å². The minimum atomic E-state index is -0.353. The molecule has 1 heterocycles. The van der Waals surface area contributed by atoms with E-state index in [0.717, 1.165) is 31.9 Å².